The van der Waals surface area contributed by atoms with Crippen LogP contribution in [0.4, 0.5) is 0 Å². The van der Waals surface area contributed by atoms with Gasteiger partial charge in [0.05, 0.1) is 12.1 Å². The van der Waals surface area contributed by atoms with Gasteiger partial charge in [-0.05, 0) is 60.8 Å². The van der Waals surface area contributed by atoms with Gasteiger partial charge in [-0.15, -0.1) is 0 Å². The van der Waals surface area contributed by atoms with Crippen molar-refractivity contribution in [3.05, 3.63) is 59.7 Å². The van der Waals surface area contributed by atoms with Crippen molar-refractivity contribution in [2.24, 2.45) is 0 Å². The Hall–Kier alpha value is -2.58. The second kappa shape index (κ2) is 11.9. The van der Waals surface area contributed by atoms with Crippen molar-refractivity contribution < 1.29 is 0 Å². The number of unbranched alkanes of at least 4 members (excludes halogenated alkanes) is 6. The van der Waals surface area contributed by atoms with Crippen molar-refractivity contribution in [1.29, 1.82) is 10.5 Å². The third kappa shape index (κ3) is 7.12. The lowest BCUT2D eigenvalue weighted by Gasteiger charge is -2.06. The molecule has 0 N–H and O–H groups in total. The molecule has 134 valence electrons. The summed E-state index contributed by atoms with van der Waals surface area (Å²) in [5.74, 6) is 0. The molecule has 0 aliphatic heterocycles. The van der Waals surface area contributed by atoms with Gasteiger partial charge in [0.25, 0.3) is 0 Å². The van der Waals surface area contributed by atoms with Crippen LogP contribution in [0.15, 0.2) is 48.5 Å². The van der Waals surface area contributed by atoms with Gasteiger partial charge in [0, 0.05) is 12.8 Å². The molecule has 0 saturated heterocycles. The van der Waals surface area contributed by atoms with Crippen LogP contribution in [0, 0.1) is 22.7 Å². The maximum atomic E-state index is 8.55. The SMILES string of the molecule is N#CCCCCCc1ccc(-c2ccc(CCCCCC#N)cc2)cc1. The van der Waals surface area contributed by atoms with Crippen LogP contribution in [0.25, 0.3) is 11.1 Å². The average molecular weight is 345 g/mol. The van der Waals surface area contributed by atoms with E-state index in [0.29, 0.717) is 12.8 Å². The molecule has 2 aromatic carbocycles. The summed E-state index contributed by atoms with van der Waals surface area (Å²) < 4.78 is 0. The smallest absolute Gasteiger partial charge is 0.0621 e. The lowest BCUT2D eigenvalue weighted by molar-refractivity contribution is 0.690. The van der Waals surface area contributed by atoms with Crippen molar-refractivity contribution in [2.75, 3.05) is 0 Å². The summed E-state index contributed by atoms with van der Waals surface area (Å²) in [6.45, 7) is 0. The first-order valence-corrected chi connectivity index (χ1v) is 9.75. The van der Waals surface area contributed by atoms with E-state index >= 15 is 0 Å². The van der Waals surface area contributed by atoms with Crippen LogP contribution >= 0.6 is 0 Å². The fourth-order valence-electron chi connectivity index (χ4n) is 3.15. The highest BCUT2D eigenvalue weighted by Crippen LogP contribution is 2.22. The van der Waals surface area contributed by atoms with Crippen molar-refractivity contribution in [3.8, 4) is 23.3 Å². The standard InChI is InChI=1S/C24H28N2/c25-19-7-3-1-5-9-21-11-15-23(16-12-21)24-17-13-22(14-18-24)10-6-2-4-8-20-26/h11-18H,1-10H2. The number of nitrogens with zero attached hydrogens (tertiary/aromatic N) is 2. The summed E-state index contributed by atoms with van der Waals surface area (Å²) in [6.07, 6.45) is 10.1. The molecule has 2 rings (SSSR count). The molecule has 2 nitrogen and oxygen atoms in total. The first kappa shape index (κ1) is 19.7. The number of hydrogen-bond donors (Lipinski definition) is 0. The number of benzene rings is 2. The number of nitriles is 2. The molecule has 26 heavy (non-hydrogen) atoms. The highest BCUT2D eigenvalue weighted by molar-refractivity contribution is 5.63. The third-order valence-electron chi connectivity index (χ3n) is 4.75. The van der Waals surface area contributed by atoms with E-state index in [0.717, 1.165) is 51.4 Å². The molecular formula is C24H28N2. The van der Waals surface area contributed by atoms with Crippen LogP contribution in [0.1, 0.15) is 62.5 Å². The Morgan fingerprint density at radius 2 is 0.885 bits per heavy atom. The highest BCUT2D eigenvalue weighted by atomic mass is 14.2. The molecular weight excluding hydrogens is 316 g/mol. The second-order valence-corrected chi connectivity index (χ2v) is 6.83. The summed E-state index contributed by atoms with van der Waals surface area (Å²) >= 11 is 0. The van der Waals surface area contributed by atoms with Gasteiger partial charge in [0.2, 0.25) is 0 Å². The van der Waals surface area contributed by atoms with Crippen LogP contribution in [0.5, 0.6) is 0 Å². The summed E-state index contributed by atoms with van der Waals surface area (Å²) in [5.41, 5.74) is 5.27. The van der Waals surface area contributed by atoms with Crippen LogP contribution in [-0.2, 0) is 12.8 Å². The zero-order chi connectivity index (χ0) is 18.5. The summed E-state index contributed by atoms with van der Waals surface area (Å²) in [6, 6.07) is 22.1. The van der Waals surface area contributed by atoms with E-state index < -0.39 is 0 Å². The summed E-state index contributed by atoms with van der Waals surface area (Å²) in [5, 5.41) is 17.1. The van der Waals surface area contributed by atoms with Gasteiger partial charge in [-0.3, -0.25) is 0 Å². The normalized spacial score (nSPS) is 10.2. The lowest BCUT2D eigenvalue weighted by Crippen LogP contribution is -1.88. The average Bonchev–Trinajstić information content (AvgIpc) is 2.69. The summed E-state index contributed by atoms with van der Waals surface area (Å²) in [4.78, 5) is 0. The fraction of sp³-hybridized carbons (Fsp3) is 0.417. The lowest BCUT2D eigenvalue weighted by atomic mass is 9.99. The van der Waals surface area contributed by atoms with Gasteiger partial charge < -0.3 is 0 Å². The first-order valence-electron chi connectivity index (χ1n) is 9.75. The molecule has 0 aliphatic rings. The van der Waals surface area contributed by atoms with Crippen molar-refractivity contribution >= 4 is 0 Å². The maximum Gasteiger partial charge on any atom is 0.0621 e. The molecule has 0 bridgehead atoms. The molecule has 0 aliphatic carbocycles. The Kier molecular flexibility index (Phi) is 9.02. The minimum atomic E-state index is 0.675. The van der Waals surface area contributed by atoms with Crippen LogP contribution in [0.2, 0.25) is 0 Å². The second-order valence-electron chi connectivity index (χ2n) is 6.83. The van der Waals surface area contributed by atoms with Crippen LogP contribution < -0.4 is 0 Å². The van der Waals surface area contributed by atoms with Crippen molar-refractivity contribution in [3.63, 3.8) is 0 Å². The van der Waals surface area contributed by atoms with E-state index in [9.17, 15) is 0 Å². The molecule has 2 aromatic rings. The van der Waals surface area contributed by atoms with Crippen LogP contribution in [-0.4, -0.2) is 0 Å². The molecule has 0 heterocycles. The minimum absolute atomic E-state index is 0.675. The first-order chi connectivity index (χ1) is 12.8. The Bertz CT molecular complexity index is 649. The zero-order valence-electron chi connectivity index (χ0n) is 15.6. The number of rotatable bonds is 11. The maximum absolute atomic E-state index is 8.55. The predicted molar refractivity (Wildman–Crippen MR) is 107 cm³/mol. The highest BCUT2D eigenvalue weighted by Gasteiger charge is 2.00. The third-order valence-corrected chi connectivity index (χ3v) is 4.75. The monoisotopic (exact) mass is 344 g/mol. The Labute approximate surface area is 158 Å². The van der Waals surface area contributed by atoms with Gasteiger partial charge in [0.1, 0.15) is 0 Å². The number of hydrogen-bond acceptors (Lipinski definition) is 2. The fourth-order valence-corrected chi connectivity index (χ4v) is 3.15. The summed E-state index contributed by atoms with van der Waals surface area (Å²) in [7, 11) is 0. The van der Waals surface area contributed by atoms with E-state index in [2.05, 4.69) is 60.7 Å². The van der Waals surface area contributed by atoms with E-state index in [-0.39, 0.29) is 0 Å². The van der Waals surface area contributed by atoms with E-state index in [1.54, 1.807) is 0 Å². The van der Waals surface area contributed by atoms with Gasteiger partial charge in [-0.25, -0.2) is 0 Å². The largest absolute Gasteiger partial charge is 0.198 e. The molecule has 0 amide bonds. The zero-order valence-corrected chi connectivity index (χ0v) is 15.6. The predicted octanol–water partition coefficient (Wildman–Crippen LogP) is 6.61. The van der Waals surface area contributed by atoms with E-state index in [1.807, 2.05) is 0 Å². The van der Waals surface area contributed by atoms with Gasteiger partial charge >= 0.3 is 0 Å². The molecule has 0 atom stereocenters. The molecule has 0 radical (unpaired) electrons. The van der Waals surface area contributed by atoms with Crippen LogP contribution in [0.3, 0.4) is 0 Å². The molecule has 0 spiro atoms. The van der Waals surface area contributed by atoms with E-state index in [1.165, 1.54) is 22.3 Å². The Morgan fingerprint density at radius 3 is 1.23 bits per heavy atom. The van der Waals surface area contributed by atoms with E-state index in [4.69, 9.17) is 10.5 Å². The van der Waals surface area contributed by atoms with Crippen molar-refractivity contribution in [1.82, 2.24) is 0 Å². The molecule has 0 saturated carbocycles. The Balaban J connectivity index is 1.79. The van der Waals surface area contributed by atoms with Gasteiger partial charge in [0.15, 0.2) is 0 Å². The van der Waals surface area contributed by atoms with Gasteiger partial charge in [-0.1, -0.05) is 61.4 Å². The Morgan fingerprint density at radius 1 is 0.500 bits per heavy atom. The molecule has 0 fully saturated rings. The molecule has 0 unspecified atom stereocenters. The topological polar surface area (TPSA) is 47.6 Å². The number of aryl methyl sites for hydroxylation is 2. The quantitative estimate of drug-likeness (QED) is 0.431. The molecule has 2 heteroatoms. The van der Waals surface area contributed by atoms with Gasteiger partial charge in [-0.2, -0.15) is 10.5 Å². The molecule has 0 aromatic heterocycles. The minimum Gasteiger partial charge on any atom is -0.198 e. The van der Waals surface area contributed by atoms with Crippen molar-refractivity contribution in [2.45, 2.75) is 64.2 Å².